The summed E-state index contributed by atoms with van der Waals surface area (Å²) in [6.07, 6.45) is -0.941. The SMILES string of the molecule is CCOC(=O)c1c(-c2ccc(F)cc2)oc2cc(N3C(=O)OC(c4ccccc4)C3C)c(-c3ccccc3)cc12. The van der Waals surface area contributed by atoms with Gasteiger partial charge in [-0.1, -0.05) is 60.7 Å². The van der Waals surface area contributed by atoms with Gasteiger partial charge in [0.15, 0.2) is 0 Å². The molecule has 1 fully saturated rings. The topological polar surface area (TPSA) is 69.0 Å². The predicted molar refractivity (Wildman–Crippen MR) is 151 cm³/mol. The van der Waals surface area contributed by atoms with Crippen LogP contribution in [0.25, 0.3) is 33.4 Å². The molecule has 6 rings (SSSR count). The minimum atomic E-state index is -0.551. The highest BCUT2D eigenvalue weighted by Gasteiger charge is 2.42. The monoisotopic (exact) mass is 535 g/mol. The zero-order valence-corrected chi connectivity index (χ0v) is 22.0. The molecule has 7 heteroatoms. The lowest BCUT2D eigenvalue weighted by atomic mass is 9.97. The third kappa shape index (κ3) is 4.39. The van der Waals surface area contributed by atoms with Crippen molar-refractivity contribution in [1.82, 2.24) is 0 Å². The van der Waals surface area contributed by atoms with E-state index in [9.17, 15) is 14.0 Å². The number of carbonyl (C=O) groups is 2. The highest BCUT2D eigenvalue weighted by Crippen LogP contribution is 2.45. The number of nitrogens with zero attached hydrogens (tertiary/aromatic N) is 1. The summed E-state index contributed by atoms with van der Waals surface area (Å²) in [7, 11) is 0. The predicted octanol–water partition coefficient (Wildman–Crippen LogP) is 8.17. The summed E-state index contributed by atoms with van der Waals surface area (Å²) < 4.78 is 31.2. The molecule has 0 aliphatic carbocycles. The molecule has 0 radical (unpaired) electrons. The molecule has 1 saturated heterocycles. The van der Waals surface area contributed by atoms with Crippen molar-refractivity contribution in [1.29, 1.82) is 0 Å². The lowest BCUT2D eigenvalue weighted by Crippen LogP contribution is -2.32. The molecule has 1 aliphatic heterocycles. The molecule has 0 N–H and O–H groups in total. The van der Waals surface area contributed by atoms with Crippen molar-refractivity contribution < 1.29 is 27.9 Å². The Balaban J connectivity index is 1.58. The van der Waals surface area contributed by atoms with Gasteiger partial charge in [0, 0.05) is 22.6 Å². The molecule has 2 unspecified atom stereocenters. The van der Waals surface area contributed by atoms with Crippen LogP contribution in [-0.2, 0) is 9.47 Å². The Morgan fingerprint density at radius 3 is 2.27 bits per heavy atom. The molecule has 1 aliphatic rings. The summed E-state index contributed by atoms with van der Waals surface area (Å²) in [6.45, 7) is 3.85. The van der Waals surface area contributed by atoms with Crippen molar-refractivity contribution in [3.63, 3.8) is 0 Å². The van der Waals surface area contributed by atoms with Gasteiger partial charge >= 0.3 is 12.1 Å². The Bertz CT molecular complexity index is 1700. The molecule has 1 aromatic heterocycles. The number of hydrogen-bond acceptors (Lipinski definition) is 5. The Labute approximate surface area is 230 Å². The second kappa shape index (κ2) is 10.3. The number of anilines is 1. The highest BCUT2D eigenvalue weighted by molar-refractivity contribution is 6.12. The zero-order valence-electron chi connectivity index (χ0n) is 22.0. The van der Waals surface area contributed by atoms with Crippen LogP contribution in [0.2, 0.25) is 0 Å². The molecule has 4 aromatic carbocycles. The Kier molecular flexibility index (Phi) is 6.56. The van der Waals surface area contributed by atoms with Crippen LogP contribution in [0.1, 0.15) is 35.9 Å². The van der Waals surface area contributed by atoms with Crippen molar-refractivity contribution in [2.45, 2.75) is 26.0 Å². The number of cyclic esters (lactones) is 1. The van der Waals surface area contributed by atoms with E-state index in [1.165, 1.54) is 12.1 Å². The smallest absolute Gasteiger partial charge is 0.415 e. The first-order valence-corrected chi connectivity index (χ1v) is 13.1. The summed E-state index contributed by atoms with van der Waals surface area (Å²) in [5.74, 6) is -0.685. The number of furan rings is 1. The number of ether oxygens (including phenoxy) is 2. The maximum atomic E-state index is 13.7. The van der Waals surface area contributed by atoms with E-state index in [-0.39, 0.29) is 24.0 Å². The average Bonchev–Trinajstić information content (AvgIpc) is 3.49. The molecule has 1 amide bonds. The van der Waals surface area contributed by atoms with Crippen LogP contribution in [0.3, 0.4) is 0 Å². The van der Waals surface area contributed by atoms with E-state index in [2.05, 4.69) is 0 Å². The van der Waals surface area contributed by atoms with Gasteiger partial charge in [0.1, 0.15) is 28.8 Å². The van der Waals surface area contributed by atoms with Gasteiger partial charge in [0.25, 0.3) is 0 Å². The minimum absolute atomic E-state index is 0.177. The summed E-state index contributed by atoms with van der Waals surface area (Å²) in [6, 6.07) is 28.2. The fraction of sp³-hybridized carbons (Fsp3) is 0.152. The maximum Gasteiger partial charge on any atom is 0.415 e. The molecule has 0 spiro atoms. The second-order valence-corrected chi connectivity index (χ2v) is 9.59. The Hall–Kier alpha value is -4.91. The number of rotatable bonds is 6. The van der Waals surface area contributed by atoms with E-state index in [0.717, 1.165) is 16.7 Å². The number of halogens is 1. The Morgan fingerprint density at radius 1 is 0.925 bits per heavy atom. The number of carbonyl (C=O) groups excluding carboxylic acids is 2. The standard InChI is InChI=1S/C33H26FNO5/c1-3-38-32(36)29-26-18-25(21-10-6-4-7-11-21)27(19-28(26)39-31(29)23-14-16-24(34)17-15-23)35-20(2)30(40-33(35)37)22-12-8-5-9-13-22/h4-20,30H,3H2,1-2H3. The van der Waals surface area contributed by atoms with Gasteiger partial charge in [-0.25, -0.2) is 14.0 Å². The molecular weight excluding hydrogens is 509 g/mol. The van der Waals surface area contributed by atoms with Crippen LogP contribution < -0.4 is 4.90 Å². The van der Waals surface area contributed by atoms with Crippen LogP contribution in [0.15, 0.2) is 101 Å². The number of fused-ring (bicyclic) bond motifs is 1. The van der Waals surface area contributed by atoms with Crippen molar-refractivity contribution in [2.24, 2.45) is 0 Å². The van der Waals surface area contributed by atoms with E-state index in [4.69, 9.17) is 13.9 Å². The quantitative estimate of drug-likeness (QED) is 0.205. The molecule has 2 atom stereocenters. The third-order valence-electron chi connectivity index (χ3n) is 7.13. The Morgan fingerprint density at radius 2 is 1.60 bits per heavy atom. The van der Waals surface area contributed by atoms with E-state index in [1.807, 2.05) is 73.7 Å². The van der Waals surface area contributed by atoms with E-state index in [1.54, 1.807) is 30.0 Å². The van der Waals surface area contributed by atoms with Crippen LogP contribution in [0, 0.1) is 5.82 Å². The number of esters is 1. The first kappa shape index (κ1) is 25.4. The molecule has 200 valence electrons. The van der Waals surface area contributed by atoms with Crippen molar-refractivity contribution in [3.05, 3.63) is 114 Å². The zero-order chi connectivity index (χ0) is 27.8. The third-order valence-corrected chi connectivity index (χ3v) is 7.13. The largest absolute Gasteiger partial charge is 0.462 e. The minimum Gasteiger partial charge on any atom is -0.462 e. The second-order valence-electron chi connectivity index (χ2n) is 9.59. The number of hydrogen-bond donors (Lipinski definition) is 0. The van der Waals surface area contributed by atoms with Crippen molar-refractivity contribution >= 4 is 28.7 Å². The maximum absolute atomic E-state index is 13.7. The van der Waals surface area contributed by atoms with Gasteiger partial charge < -0.3 is 13.9 Å². The van der Waals surface area contributed by atoms with Crippen LogP contribution in [0.4, 0.5) is 14.9 Å². The van der Waals surface area contributed by atoms with Crippen LogP contribution in [-0.4, -0.2) is 24.7 Å². The van der Waals surface area contributed by atoms with E-state index >= 15 is 0 Å². The van der Waals surface area contributed by atoms with Crippen LogP contribution in [0.5, 0.6) is 0 Å². The molecule has 40 heavy (non-hydrogen) atoms. The first-order chi connectivity index (χ1) is 19.5. The fourth-order valence-electron chi connectivity index (χ4n) is 5.26. The summed E-state index contributed by atoms with van der Waals surface area (Å²) >= 11 is 0. The van der Waals surface area contributed by atoms with Gasteiger partial charge in [-0.15, -0.1) is 0 Å². The van der Waals surface area contributed by atoms with Crippen LogP contribution >= 0.6 is 0 Å². The lowest BCUT2D eigenvalue weighted by Gasteiger charge is -2.24. The summed E-state index contributed by atoms with van der Waals surface area (Å²) in [5.41, 5.74) is 4.22. The normalized spacial score (nSPS) is 16.8. The summed E-state index contributed by atoms with van der Waals surface area (Å²) in [5, 5.41) is 0.528. The highest BCUT2D eigenvalue weighted by atomic mass is 19.1. The van der Waals surface area contributed by atoms with Gasteiger partial charge in [-0.3, -0.25) is 4.90 Å². The lowest BCUT2D eigenvalue weighted by molar-refractivity contribution is 0.0528. The van der Waals surface area contributed by atoms with Gasteiger partial charge in [0.05, 0.1) is 18.3 Å². The molecule has 0 saturated carbocycles. The van der Waals surface area contributed by atoms with Crippen molar-refractivity contribution in [3.8, 4) is 22.5 Å². The molecule has 2 heterocycles. The molecule has 6 nitrogen and oxygen atoms in total. The molecule has 5 aromatic rings. The summed E-state index contributed by atoms with van der Waals surface area (Å²) in [4.78, 5) is 28.2. The van der Waals surface area contributed by atoms with Gasteiger partial charge in [-0.2, -0.15) is 0 Å². The average molecular weight is 536 g/mol. The fourth-order valence-corrected chi connectivity index (χ4v) is 5.26. The molecule has 0 bridgehead atoms. The van der Waals surface area contributed by atoms with Gasteiger partial charge in [-0.05, 0) is 55.3 Å². The van der Waals surface area contributed by atoms with E-state index in [0.29, 0.717) is 22.2 Å². The van der Waals surface area contributed by atoms with Gasteiger partial charge in [0.2, 0.25) is 0 Å². The number of benzene rings is 4. The molecular formula is C33H26FNO5. The number of amides is 1. The first-order valence-electron chi connectivity index (χ1n) is 13.1. The van der Waals surface area contributed by atoms with Crippen molar-refractivity contribution in [2.75, 3.05) is 11.5 Å². The van der Waals surface area contributed by atoms with E-state index < -0.39 is 24.0 Å².